The Kier molecular flexibility index (Phi) is 3.00. The molecule has 0 bridgehead atoms. The number of hydrogen-bond donors (Lipinski definition) is 0. The van der Waals surface area contributed by atoms with E-state index in [1.807, 2.05) is 4.90 Å². The highest BCUT2D eigenvalue weighted by atomic mass is 16.5. The van der Waals surface area contributed by atoms with Gasteiger partial charge < -0.3 is 14.1 Å². The lowest BCUT2D eigenvalue weighted by molar-refractivity contribution is -0.134. The number of carbonyl (C=O) groups excluding carboxylic acids is 2. The highest BCUT2D eigenvalue weighted by molar-refractivity contribution is 5.86. The maximum atomic E-state index is 12.2. The largest absolute Gasteiger partial charge is 0.464 e. The fourth-order valence-electron chi connectivity index (χ4n) is 2.07. The third-order valence-electron chi connectivity index (χ3n) is 3.45. The van der Waals surface area contributed by atoms with Gasteiger partial charge in [0, 0.05) is 12.0 Å². The molecule has 0 N–H and O–H groups in total. The summed E-state index contributed by atoms with van der Waals surface area (Å²) in [5.41, 5.74) is 0.145. The Balaban J connectivity index is 1.69. The second-order valence-corrected chi connectivity index (χ2v) is 5.09. The summed E-state index contributed by atoms with van der Waals surface area (Å²) in [5, 5.41) is 0. The zero-order valence-electron chi connectivity index (χ0n) is 10.8. The number of carbonyl (C=O) groups is 2. The van der Waals surface area contributed by atoms with Crippen LogP contribution in [0.2, 0.25) is 0 Å². The smallest absolute Gasteiger partial charge is 0.360 e. The third-order valence-corrected chi connectivity index (χ3v) is 3.45. The molecular formula is C13H16N2O4. The molecule has 6 nitrogen and oxygen atoms in total. The van der Waals surface area contributed by atoms with Gasteiger partial charge in [-0.15, -0.1) is 0 Å². The van der Waals surface area contributed by atoms with Gasteiger partial charge in [-0.1, -0.05) is 0 Å². The zero-order chi connectivity index (χ0) is 13.4. The Labute approximate surface area is 110 Å². The van der Waals surface area contributed by atoms with Crippen molar-refractivity contribution < 1.29 is 18.7 Å². The molecule has 0 unspecified atom stereocenters. The monoisotopic (exact) mass is 264 g/mol. The van der Waals surface area contributed by atoms with E-state index in [1.165, 1.54) is 13.4 Å². The first-order valence-electron chi connectivity index (χ1n) is 6.52. The number of rotatable bonds is 5. The normalized spacial score (nSPS) is 18.2. The molecule has 1 heterocycles. The van der Waals surface area contributed by atoms with E-state index < -0.39 is 5.97 Å². The summed E-state index contributed by atoms with van der Waals surface area (Å²) in [4.78, 5) is 29.3. The number of oxazole rings is 1. The summed E-state index contributed by atoms with van der Waals surface area (Å²) >= 11 is 0. The van der Waals surface area contributed by atoms with Crippen molar-refractivity contribution in [3.05, 3.63) is 17.8 Å². The standard InChI is InChI=1S/C13H16N2O4/c1-18-13(17)10-7-19-11(14-10)6-15(9-4-5-9)12(16)8-2-3-8/h7-9H,2-6H2,1H3. The molecule has 0 spiro atoms. The average Bonchev–Trinajstić information content (AvgIpc) is 3.32. The SMILES string of the molecule is COC(=O)c1coc(CN(C(=O)C2CC2)C2CC2)n1. The summed E-state index contributed by atoms with van der Waals surface area (Å²) in [6.45, 7) is 0.344. The quantitative estimate of drug-likeness (QED) is 0.751. The van der Waals surface area contributed by atoms with E-state index in [0.29, 0.717) is 18.5 Å². The predicted molar refractivity (Wildman–Crippen MR) is 64.1 cm³/mol. The Hall–Kier alpha value is -1.85. The van der Waals surface area contributed by atoms with Crippen molar-refractivity contribution in [2.75, 3.05) is 7.11 Å². The molecule has 3 rings (SSSR count). The van der Waals surface area contributed by atoms with Gasteiger partial charge in [-0.05, 0) is 25.7 Å². The van der Waals surface area contributed by atoms with E-state index >= 15 is 0 Å². The van der Waals surface area contributed by atoms with Crippen molar-refractivity contribution in [2.45, 2.75) is 38.3 Å². The Bertz CT molecular complexity index is 502. The molecule has 1 aromatic rings. The van der Waals surface area contributed by atoms with Gasteiger partial charge >= 0.3 is 5.97 Å². The minimum Gasteiger partial charge on any atom is -0.464 e. The summed E-state index contributed by atoms with van der Waals surface area (Å²) in [5.74, 6) is 0.249. The molecule has 0 radical (unpaired) electrons. The minimum absolute atomic E-state index is 0.145. The molecule has 2 aliphatic carbocycles. The molecule has 0 saturated heterocycles. The lowest BCUT2D eigenvalue weighted by atomic mass is 10.3. The number of methoxy groups -OCH3 is 1. The van der Waals surface area contributed by atoms with Crippen molar-refractivity contribution in [2.24, 2.45) is 5.92 Å². The first kappa shape index (κ1) is 12.2. The van der Waals surface area contributed by atoms with Crippen LogP contribution in [-0.2, 0) is 16.1 Å². The van der Waals surface area contributed by atoms with Crippen molar-refractivity contribution >= 4 is 11.9 Å². The van der Waals surface area contributed by atoms with Crippen molar-refractivity contribution in [3.63, 3.8) is 0 Å². The van der Waals surface area contributed by atoms with Gasteiger partial charge in [0.1, 0.15) is 6.26 Å². The number of nitrogens with zero attached hydrogens (tertiary/aromatic N) is 2. The van der Waals surface area contributed by atoms with E-state index in [4.69, 9.17) is 4.42 Å². The van der Waals surface area contributed by atoms with Gasteiger partial charge in [0.15, 0.2) is 5.69 Å². The van der Waals surface area contributed by atoms with Crippen molar-refractivity contribution in [3.8, 4) is 0 Å². The van der Waals surface area contributed by atoms with Gasteiger partial charge in [-0.2, -0.15) is 0 Å². The summed E-state index contributed by atoms with van der Waals surface area (Å²) in [6.07, 6.45) is 5.34. The highest BCUT2D eigenvalue weighted by Crippen LogP contribution is 2.36. The van der Waals surface area contributed by atoms with Crippen molar-refractivity contribution in [1.29, 1.82) is 0 Å². The van der Waals surface area contributed by atoms with Gasteiger partial charge in [-0.25, -0.2) is 9.78 Å². The van der Waals surface area contributed by atoms with E-state index in [-0.39, 0.29) is 17.5 Å². The molecule has 0 atom stereocenters. The van der Waals surface area contributed by atoms with Crippen LogP contribution in [0.5, 0.6) is 0 Å². The zero-order valence-corrected chi connectivity index (χ0v) is 10.8. The average molecular weight is 264 g/mol. The predicted octanol–water partition coefficient (Wildman–Crippen LogP) is 1.36. The van der Waals surface area contributed by atoms with Crippen LogP contribution in [0.25, 0.3) is 0 Å². The van der Waals surface area contributed by atoms with Crippen LogP contribution in [0.1, 0.15) is 42.1 Å². The summed E-state index contributed by atoms with van der Waals surface area (Å²) in [7, 11) is 1.30. The molecule has 2 saturated carbocycles. The highest BCUT2D eigenvalue weighted by Gasteiger charge is 2.40. The topological polar surface area (TPSA) is 72.6 Å². The molecule has 6 heteroatoms. The molecule has 1 amide bonds. The number of hydrogen-bond acceptors (Lipinski definition) is 5. The molecular weight excluding hydrogens is 248 g/mol. The van der Waals surface area contributed by atoms with Crippen LogP contribution >= 0.6 is 0 Å². The molecule has 19 heavy (non-hydrogen) atoms. The van der Waals surface area contributed by atoms with E-state index in [2.05, 4.69) is 9.72 Å². The Morgan fingerprint density at radius 3 is 2.74 bits per heavy atom. The van der Waals surface area contributed by atoms with Crippen LogP contribution in [0.15, 0.2) is 10.7 Å². The number of ether oxygens (including phenoxy) is 1. The minimum atomic E-state index is -0.526. The Morgan fingerprint density at radius 1 is 1.42 bits per heavy atom. The molecule has 102 valence electrons. The summed E-state index contributed by atoms with van der Waals surface area (Å²) < 4.78 is 9.81. The second kappa shape index (κ2) is 4.68. The molecule has 0 aromatic carbocycles. The van der Waals surface area contributed by atoms with Crippen molar-refractivity contribution in [1.82, 2.24) is 9.88 Å². The first-order valence-corrected chi connectivity index (χ1v) is 6.52. The fraction of sp³-hybridized carbons (Fsp3) is 0.615. The Morgan fingerprint density at radius 2 is 2.16 bits per heavy atom. The van der Waals surface area contributed by atoms with Crippen LogP contribution in [0, 0.1) is 5.92 Å². The first-order chi connectivity index (χ1) is 9.19. The van der Waals surface area contributed by atoms with E-state index in [0.717, 1.165) is 25.7 Å². The van der Waals surface area contributed by atoms with Gasteiger partial charge in [0.2, 0.25) is 11.8 Å². The third kappa shape index (κ3) is 2.62. The maximum Gasteiger partial charge on any atom is 0.360 e. The lowest BCUT2D eigenvalue weighted by Gasteiger charge is -2.20. The van der Waals surface area contributed by atoms with Crippen LogP contribution in [0.4, 0.5) is 0 Å². The van der Waals surface area contributed by atoms with Gasteiger partial charge in [0.25, 0.3) is 0 Å². The molecule has 2 fully saturated rings. The molecule has 0 aliphatic heterocycles. The van der Waals surface area contributed by atoms with Gasteiger partial charge in [-0.3, -0.25) is 4.79 Å². The fourth-order valence-corrected chi connectivity index (χ4v) is 2.07. The van der Waals surface area contributed by atoms with Crippen LogP contribution < -0.4 is 0 Å². The molecule has 1 aromatic heterocycles. The van der Waals surface area contributed by atoms with E-state index in [1.54, 1.807) is 0 Å². The van der Waals surface area contributed by atoms with Crippen LogP contribution in [0.3, 0.4) is 0 Å². The maximum absolute atomic E-state index is 12.2. The summed E-state index contributed by atoms with van der Waals surface area (Å²) in [6, 6.07) is 0.321. The lowest BCUT2D eigenvalue weighted by Crippen LogP contribution is -2.33. The van der Waals surface area contributed by atoms with Crippen LogP contribution in [-0.4, -0.2) is 34.9 Å². The number of aromatic nitrogens is 1. The second-order valence-electron chi connectivity index (χ2n) is 5.09. The van der Waals surface area contributed by atoms with E-state index in [9.17, 15) is 9.59 Å². The number of esters is 1. The molecule has 2 aliphatic rings. The van der Waals surface area contributed by atoms with Gasteiger partial charge in [0.05, 0.1) is 13.7 Å². The number of amides is 1.